The summed E-state index contributed by atoms with van der Waals surface area (Å²) in [5, 5.41) is 5.47. The number of amides is 2. The summed E-state index contributed by atoms with van der Waals surface area (Å²) in [6, 6.07) is 20.4. The Labute approximate surface area is 157 Å². The van der Waals surface area contributed by atoms with E-state index in [4.69, 9.17) is 0 Å². The summed E-state index contributed by atoms with van der Waals surface area (Å²) in [5.41, 5.74) is 3.03. The molecule has 3 N–H and O–H groups in total. The number of benzene rings is 3. The molecule has 0 spiro atoms. The Morgan fingerprint density at radius 3 is 2.19 bits per heavy atom. The van der Waals surface area contributed by atoms with E-state index in [1.54, 1.807) is 55.5 Å². The zero-order chi connectivity index (χ0) is 19.4. The number of urea groups is 1. The normalized spacial score (nSPS) is 11.0. The predicted octanol–water partition coefficient (Wildman–Crippen LogP) is 4.55. The zero-order valence-corrected chi connectivity index (χ0v) is 15.3. The van der Waals surface area contributed by atoms with Gasteiger partial charge in [0.15, 0.2) is 0 Å². The molecule has 0 aliphatic rings. The van der Waals surface area contributed by atoms with Crippen LogP contribution >= 0.6 is 0 Å². The second kappa shape index (κ2) is 7.61. The molecule has 0 bridgehead atoms. The van der Waals surface area contributed by atoms with E-state index in [0.717, 1.165) is 5.56 Å². The van der Waals surface area contributed by atoms with Gasteiger partial charge in [0.1, 0.15) is 0 Å². The Morgan fingerprint density at radius 2 is 1.48 bits per heavy atom. The lowest BCUT2D eigenvalue weighted by Crippen LogP contribution is -2.19. The zero-order valence-electron chi connectivity index (χ0n) is 14.5. The molecular formula is C20H18N2O4S. The summed E-state index contributed by atoms with van der Waals surface area (Å²) < 4.78 is 32.4. The summed E-state index contributed by atoms with van der Waals surface area (Å²) in [6.07, 6.45) is 0. The van der Waals surface area contributed by atoms with Gasteiger partial charge in [-0.1, -0.05) is 42.5 Å². The van der Waals surface area contributed by atoms with Crippen LogP contribution in [0, 0.1) is 6.92 Å². The van der Waals surface area contributed by atoms with Gasteiger partial charge in [-0.15, -0.1) is 0 Å². The highest BCUT2D eigenvalue weighted by atomic mass is 32.2. The topological polar surface area (TPSA) is 95.5 Å². The molecule has 0 saturated carbocycles. The molecule has 0 fully saturated rings. The van der Waals surface area contributed by atoms with E-state index in [2.05, 4.69) is 10.6 Å². The lowest BCUT2D eigenvalue weighted by Gasteiger charge is -2.12. The second-order valence-electron chi connectivity index (χ2n) is 5.93. The lowest BCUT2D eigenvalue weighted by atomic mass is 10.0. The first-order valence-corrected chi connectivity index (χ1v) is 9.59. The standard InChI is InChI=1S/C20H18N2O4S/c1-14-18(11-6-12-19(14)27(24,25)26)15-7-5-10-17(13-15)22-20(23)21-16-8-3-2-4-9-16/h2-13H,1H3,(H2,21,22,23)(H,24,25,26). The highest BCUT2D eigenvalue weighted by Gasteiger charge is 2.16. The Hall–Kier alpha value is -3.16. The van der Waals surface area contributed by atoms with Crippen LogP contribution in [0.15, 0.2) is 77.7 Å². The largest absolute Gasteiger partial charge is 0.323 e. The van der Waals surface area contributed by atoms with Gasteiger partial charge >= 0.3 is 6.03 Å². The van der Waals surface area contributed by atoms with Crippen LogP contribution in [0.25, 0.3) is 11.1 Å². The number of carbonyl (C=O) groups excluding carboxylic acids is 1. The van der Waals surface area contributed by atoms with Crippen LogP contribution < -0.4 is 10.6 Å². The molecule has 138 valence electrons. The summed E-state index contributed by atoms with van der Waals surface area (Å²) >= 11 is 0. The van der Waals surface area contributed by atoms with Crippen LogP contribution in [0.5, 0.6) is 0 Å². The van der Waals surface area contributed by atoms with Gasteiger partial charge in [-0.3, -0.25) is 4.55 Å². The van der Waals surface area contributed by atoms with E-state index in [9.17, 15) is 17.8 Å². The number of anilines is 2. The van der Waals surface area contributed by atoms with Crippen molar-refractivity contribution in [3.63, 3.8) is 0 Å². The van der Waals surface area contributed by atoms with Gasteiger partial charge in [0.2, 0.25) is 0 Å². The van der Waals surface area contributed by atoms with Crippen molar-refractivity contribution < 1.29 is 17.8 Å². The molecule has 7 heteroatoms. The van der Waals surface area contributed by atoms with Crippen LogP contribution in [-0.4, -0.2) is 19.0 Å². The fourth-order valence-corrected chi connectivity index (χ4v) is 3.53. The van der Waals surface area contributed by atoms with Crippen molar-refractivity contribution in [1.29, 1.82) is 0 Å². The molecule has 0 aliphatic carbocycles. The molecule has 0 aliphatic heterocycles. The minimum Gasteiger partial charge on any atom is -0.308 e. The van der Waals surface area contributed by atoms with Crippen molar-refractivity contribution in [2.45, 2.75) is 11.8 Å². The van der Waals surface area contributed by atoms with Gasteiger partial charge in [0.25, 0.3) is 10.1 Å². The molecule has 0 saturated heterocycles. The van der Waals surface area contributed by atoms with Crippen LogP contribution in [-0.2, 0) is 10.1 Å². The maximum atomic E-state index is 12.1. The third-order valence-electron chi connectivity index (χ3n) is 4.03. The van der Waals surface area contributed by atoms with Gasteiger partial charge in [-0.05, 0) is 53.9 Å². The maximum absolute atomic E-state index is 12.1. The second-order valence-corrected chi connectivity index (χ2v) is 7.32. The molecule has 3 aromatic rings. The quantitative estimate of drug-likeness (QED) is 0.577. The molecule has 0 unspecified atom stereocenters. The summed E-state index contributed by atoms with van der Waals surface area (Å²) in [7, 11) is -4.31. The molecular weight excluding hydrogens is 364 g/mol. The molecule has 3 rings (SSSR count). The van der Waals surface area contributed by atoms with Crippen LogP contribution in [0.1, 0.15) is 5.56 Å². The van der Waals surface area contributed by atoms with Crippen molar-refractivity contribution in [3.8, 4) is 11.1 Å². The average molecular weight is 382 g/mol. The Kier molecular flexibility index (Phi) is 5.25. The molecule has 6 nitrogen and oxygen atoms in total. The number of hydrogen-bond acceptors (Lipinski definition) is 3. The minimum atomic E-state index is -4.31. The molecule has 0 aromatic heterocycles. The molecule has 3 aromatic carbocycles. The third kappa shape index (κ3) is 4.52. The number of nitrogens with one attached hydrogen (secondary N) is 2. The van der Waals surface area contributed by atoms with E-state index < -0.39 is 10.1 Å². The summed E-state index contributed by atoms with van der Waals surface area (Å²) in [5.74, 6) is 0. The maximum Gasteiger partial charge on any atom is 0.323 e. The summed E-state index contributed by atoms with van der Waals surface area (Å²) in [4.78, 5) is 12.0. The number of hydrogen-bond donors (Lipinski definition) is 3. The van der Waals surface area contributed by atoms with Crippen molar-refractivity contribution in [2.24, 2.45) is 0 Å². The molecule has 0 atom stereocenters. The van der Waals surface area contributed by atoms with Crippen molar-refractivity contribution in [1.82, 2.24) is 0 Å². The van der Waals surface area contributed by atoms with E-state index >= 15 is 0 Å². The van der Waals surface area contributed by atoms with E-state index in [1.165, 1.54) is 6.07 Å². The minimum absolute atomic E-state index is 0.139. The van der Waals surface area contributed by atoms with E-state index in [1.807, 2.05) is 18.2 Å². The SMILES string of the molecule is Cc1c(-c2cccc(NC(=O)Nc3ccccc3)c2)cccc1S(=O)(=O)O. The van der Waals surface area contributed by atoms with E-state index in [0.29, 0.717) is 22.5 Å². The van der Waals surface area contributed by atoms with Crippen LogP contribution in [0.4, 0.5) is 16.2 Å². The predicted molar refractivity (Wildman–Crippen MR) is 106 cm³/mol. The molecule has 27 heavy (non-hydrogen) atoms. The lowest BCUT2D eigenvalue weighted by molar-refractivity contribution is 0.262. The first-order chi connectivity index (χ1) is 12.8. The number of rotatable bonds is 4. The van der Waals surface area contributed by atoms with Gasteiger partial charge in [-0.25, -0.2) is 4.79 Å². The number of para-hydroxylation sites is 1. The van der Waals surface area contributed by atoms with Crippen molar-refractivity contribution in [2.75, 3.05) is 10.6 Å². The summed E-state index contributed by atoms with van der Waals surface area (Å²) in [6.45, 7) is 1.63. The Morgan fingerprint density at radius 1 is 0.852 bits per heavy atom. The highest BCUT2D eigenvalue weighted by molar-refractivity contribution is 7.85. The smallest absolute Gasteiger partial charge is 0.308 e. The third-order valence-corrected chi connectivity index (χ3v) is 5.02. The van der Waals surface area contributed by atoms with Crippen LogP contribution in [0.2, 0.25) is 0 Å². The number of carbonyl (C=O) groups is 1. The first kappa shape index (κ1) is 18.6. The fraction of sp³-hybridized carbons (Fsp3) is 0.0500. The monoisotopic (exact) mass is 382 g/mol. The van der Waals surface area contributed by atoms with Gasteiger partial charge in [0.05, 0.1) is 4.90 Å². The Bertz CT molecular complexity index is 1080. The van der Waals surface area contributed by atoms with Gasteiger partial charge in [0, 0.05) is 11.4 Å². The average Bonchev–Trinajstić information content (AvgIpc) is 2.62. The van der Waals surface area contributed by atoms with Crippen molar-refractivity contribution >= 4 is 27.5 Å². The van der Waals surface area contributed by atoms with Crippen LogP contribution in [0.3, 0.4) is 0 Å². The molecule has 2 amide bonds. The van der Waals surface area contributed by atoms with Gasteiger partial charge < -0.3 is 10.6 Å². The van der Waals surface area contributed by atoms with E-state index in [-0.39, 0.29) is 10.9 Å². The Balaban J connectivity index is 1.85. The molecule has 0 radical (unpaired) electrons. The highest BCUT2D eigenvalue weighted by Crippen LogP contribution is 2.29. The van der Waals surface area contributed by atoms with Crippen molar-refractivity contribution in [3.05, 3.63) is 78.4 Å². The van der Waals surface area contributed by atoms with Gasteiger partial charge in [-0.2, -0.15) is 8.42 Å². The fourth-order valence-electron chi connectivity index (χ4n) is 2.79. The molecule has 0 heterocycles. The first-order valence-electron chi connectivity index (χ1n) is 8.15.